The summed E-state index contributed by atoms with van der Waals surface area (Å²) in [6.45, 7) is 9.01. The molecule has 0 bridgehead atoms. The van der Waals surface area contributed by atoms with Gasteiger partial charge in [0, 0.05) is 37.1 Å². The van der Waals surface area contributed by atoms with Crippen molar-refractivity contribution in [1.29, 1.82) is 0 Å². The zero-order valence-corrected chi connectivity index (χ0v) is 10.3. The van der Waals surface area contributed by atoms with Gasteiger partial charge in [-0.25, -0.2) is 4.98 Å². The van der Waals surface area contributed by atoms with Gasteiger partial charge in [-0.3, -0.25) is 4.90 Å². The first kappa shape index (κ1) is 11.0. The SMILES string of the molecule is Cc1ncsc1CCN1CCNC[C@@H]1C. The summed E-state index contributed by atoms with van der Waals surface area (Å²) in [6, 6.07) is 0.673. The van der Waals surface area contributed by atoms with Gasteiger partial charge in [0.1, 0.15) is 0 Å². The van der Waals surface area contributed by atoms with Crippen molar-refractivity contribution in [2.45, 2.75) is 26.3 Å². The Balaban J connectivity index is 1.84. The smallest absolute Gasteiger partial charge is 0.0797 e. The van der Waals surface area contributed by atoms with Crippen LogP contribution in [0.15, 0.2) is 5.51 Å². The molecule has 1 atom stereocenters. The molecule has 3 nitrogen and oxygen atoms in total. The molecule has 0 amide bonds. The molecule has 1 aromatic rings. The molecule has 84 valence electrons. The van der Waals surface area contributed by atoms with Crippen LogP contribution in [0.25, 0.3) is 0 Å². The molecule has 1 aromatic heterocycles. The number of rotatable bonds is 3. The molecule has 1 aliphatic heterocycles. The minimum absolute atomic E-state index is 0.673. The van der Waals surface area contributed by atoms with E-state index >= 15 is 0 Å². The number of nitrogens with one attached hydrogen (secondary N) is 1. The highest BCUT2D eigenvalue weighted by molar-refractivity contribution is 7.09. The summed E-state index contributed by atoms with van der Waals surface area (Å²) >= 11 is 1.79. The number of thiazole rings is 1. The minimum Gasteiger partial charge on any atom is -0.314 e. The monoisotopic (exact) mass is 225 g/mol. The number of hydrogen-bond acceptors (Lipinski definition) is 4. The molecule has 1 N–H and O–H groups in total. The molecule has 4 heteroatoms. The lowest BCUT2D eigenvalue weighted by Gasteiger charge is -2.33. The van der Waals surface area contributed by atoms with Gasteiger partial charge in [-0.2, -0.15) is 0 Å². The molecule has 1 aliphatic rings. The molecular weight excluding hydrogens is 206 g/mol. The van der Waals surface area contributed by atoms with E-state index in [-0.39, 0.29) is 0 Å². The zero-order chi connectivity index (χ0) is 10.7. The van der Waals surface area contributed by atoms with E-state index in [1.165, 1.54) is 23.7 Å². The van der Waals surface area contributed by atoms with Gasteiger partial charge in [-0.15, -0.1) is 11.3 Å². The number of hydrogen-bond donors (Lipinski definition) is 1. The van der Waals surface area contributed by atoms with Crippen LogP contribution in [0.1, 0.15) is 17.5 Å². The Morgan fingerprint density at radius 3 is 3.20 bits per heavy atom. The zero-order valence-electron chi connectivity index (χ0n) is 9.49. The van der Waals surface area contributed by atoms with E-state index in [1.54, 1.807) is 11.3 Å². The van der Waals surface area contributed by atoms with Crippen LogP contribution in [-0.4, -0.2) is 42.1 Å². The van der Waals surface area contributed by atoms with Crippen LogP contribution in [0.4, 0.5) is 0 Å². The number of aryl methyl sites for hydroxylation is 1. The van der Waals surface area contributed by atoms with Gasteiger partial charge < -0.3 is 5.32 Å². The molecule has 2 rings (SSSR count). The fourth-order valence-corrected chi connectivity index (χ4v) is 2.80. The maximum absolute atomic E-state index is 4.29. The second-order valence-corrected chi connectivity index (χ2v) is 5.14. The van der Waals surface area contributed by atoms with E-state index in [9.17, 15) is 0 Å². The van der Waals surface area contributed by atoms with Gasteiger partial charge in [0.25, 0.3) is 0 Å². The largest absolute Gasteiger partial charge is 0.314 e. The first-order chi connectivity index (χ1) is 7.27. The Labute approximate surface area is 95.5 Å². The molecule has 0 radical (unpaired) electrons. The first-order valence-electron chi connectivity index (χ1n) is 5.61. The number of nitrogens with zero attached hydrogens (tertiary/aromatic N) is 2. The molecule has 0 spiro atoms. The molecule has 15 heavy (non-hydrogen) atoms. The predicted octanol–water partition coefficient (Wildman–Crippen LogP) is 1.29. The summed E-state index contributed by atoms with van der Waals surface area (Å²) in [5.41, 5.74) is 3.16. The first-order valence-corrected chi connectivity index (χ1v) is 6.49. The second kappa shape index (κ2) is 5.05. The fourth-order valence-electron chi connectivity index (χ4n) is 2.03. The summed E-state index contributed by atoms with van der Waals surface area (Å²) < 4.78 is 0. The molecule has 0 saturated carbocycles. The Hall–Kier alpha value is -0.450. The molecule has 0 aliphatic carbocycles. The van der Waals surface area contributed by atoms with Crippen molar-refractivity contribution in [2.75, 3.05) is 26.2 Å². The minimum atomic E-state index is 0.673. The molecule has 0 aromatic carbocycles. The standard InChI is InChI=1S/C11H19N3S/c1-9-7-12-4-6-14(9)5-3-11-10(2)13-8-15-11/h8-9,12H,3-7H2,1-2H3/t9-/m0/s1. The van der Waals surface area contributed by atoms with E-state index in [4.69, 9.17) is 0 Å². The van der Waals surface area contributed by atoms with E-state index in [2.05, 4.69) is 29.0 Å². The second-order valence-electron chi connectivity index (χ2n) is 4.20. The Bertz CT molecular complexity index is 311. The molecular formula is C11H19N3S. The highest BCUT2D eigenvalue weighted by Crippen LogP contribution is 2.14. The van der Waals surface area contributed by atoms with Gasteiger partial charge in [-0.05, 0) is 20.3 Å². The van der Waals surface area contributed by atoms with Crippen LogP contribution in [0.3, 0.4) is 0 Å². The summed E-state index contributed by atoms with van der Waals surface area (Å²) in [7, 11) is 0. The maximum Gasteiger partial charge on any atom is 0.0797 e. The van der Waals surface area contributed by atoms with E-state index in [0.29, 0.717) is 6.04 Å². The lowest BCUT2D eigenvalue weighted by Crippen LogP contribution is -2.50. The van der Waals surface area contributed by atoms with Crippen molar-refractivity contribution in [3.05, 3.63) is 16.1 Å². The van der Waals surface area contributed by atoms with Crippen LogP contribution in [0.2, 0.25) is 0 Å². The third-order valence-electron chi connectivity index (χ3n) is 3.11. The topological polar surface area (TPSA) is 28.2 Å². The summed E-state index contributed by atoms with van der Waals surface area (Å²) in [5.74, 6) is 0. The van der Waals surface area contributed by atoms with Crippen LogP contribution in [0.5, 0.6) is 0 Å². The van der Waals surface area contributed by atoms with Crippen molar-refractivity contribution in [3.8, 4) is 0 Å². The average molecular weight is 225 g/mol. The Morgan fingerprint density at radius 1 is 1.67 bits per heavy atom. The van der Waals surface area contributed by atoms with Gasteiger partial charge in [0.2, 0.25) is 0 Å². The van der Waals surface area contributed by atoms with Crippen molar-refractivity contribution in [1.82, 2.24) is 15.2 Å². The highest BCUT2D eigenvalue weighted by Gasteiger charge is 2.17. The van der Waals surface area contributed by atoms with E-state index < -0.39 is 0 Å². The van der Waals surface area contributed by atoms with Gasteiger partial charge in [-0.1, -0.05) is 0 Å². The summed E-state index contributed by atoms with van der Waals surface area (Å²) in [5, 5.41) is 3.42. The van der Waals surface area contributed by atoms with Crippen LogP contribution in [-0.2, 0) is 6.42 Å². The van der Waals surface area contributed by atoms with E-state index in [1.807, 2.05) is 5.51 Å². The third kappa shape index (κ3) is 2.77. The number of piperazine rings is 1. The molecule has 1 fully saturated rings. The lowest BCUT2D eigenvalue weighted by atomic mass is 10.2. The molecule has 1 saturated heterocycles. The normalized spacial score (nSPS) is 23.2. The fraction of sp³-hybridized carbons (Fsp3) is 0.727. The van der Waals surface area contributed by atoms with Gasteiger partial charge in [0.05, 0.1) is 11.2 Å². The Morgan fingerprint density at radius 2 is 2.53 bits per heavy atom. The average Bonchev–Trinajstić information content (AvgIpc) is 2.63. The summed E-state index contributed by atoms with van der Waals surface area (Å²) in [6.07, 6.45) is 1.15. The van der Waals surface area contributed by atoms with Gasteiger partial charge >= 0.3 is 0 Å². The van der Waals surface area contributed by atoms with E-state index in [0.717, 1.165) is 19.5 Å². The highest BCUT2D eigenvalue weighted by atomic mass is 32.1. The van der Waals surface area contributed by atoms with Crippen LogP contribution in [0, 0.1) is 6.92 Å². The molecule has 2 heterocycles. The van der Waals surface area contributed by atoms with Crippen molar-refractivity contribution in [2.24, 2.45) is 0 Å². The van der Waals surface area contributed by atoms with Crippen molar-refractivity contribution >= 4 is 11.3 Å². The maximum atomic E-state index is 4.29. The predicted molar refractivity (Wildman–Crippen MR) is 64.5 cm³/mol. The van der Waals surface area contributed by atoms with Crippen LogP contribution >= 0.6 is 11.3 Å². The molecule has 0 unspecified atom stereocenters. The summed E-state index contributed by atoms with van der Waals surface area (Å²) in [4.78, 5) is 8.30. The van der Waals surface area contributed by atoms with Crippen molar-refractivity contribution < 1.29 is 0 Å². The Kier molecular flexibility index (Phi) is 3.72. The van der Waals surface area contributed by atoms with Gasteiger partial charge in [0.15, 0.2) is 0 Å². The van der Waals surface area contributed by atoms with Crippen molar-refractivity contribution in [3.63, 3.8) is 0 Å². The van der Waals surface area contributed by atoms with Crippen LogP contribution < -0.4 is 5.32 Å². The number of aromatic nitrogens is 1. The quantitative estimate of drug-likeness (QED) is 0.840. The lowest BCUT2D eigenvalue weighted by molar-refractivity contribution is 0.176. The third-order valence-corrected chi connectivity index (χ3v) is 4.10.